The number of benzene rings is 3. The molecule has 0 N–H and O–H groups in total. The summed E-state index contributed by atoms with van der Waals surface area (Å²) in [6.07, 6.45) is 0. The number of rotatable bonds is 2. The first-order chi connectivity index (χ1) is 11.6. The number of para-hydroxylation sites is 1. The highest BCUT2D eigenvalue weighted by Gasteiger charge is 2.15. The number of hydrogen-bond donors (Lipinski definition) is 0. The smallest absolute Gasteiger partial charge is 0.145 e. The van der Waals surface area contributed by atoms with Crippen LogP contribution in [-0.4, -0.2) is 9.55 Å². The fourth-order valence-corrected chi connectivity index (χ4v) is 4.19. The average molecular weight is 442 g/mol. The maximum atomic E-state index is 4.90. The van der Waals surface area contributed by atoms with E-state index in [0.717, 1.165) is 37.1 Å². The van der Waals surface area contributed by atoms with E-state index in [9.17, 15) is 0 Å². The average Bonchev–Trinajstić information content (AvgIpc) is 2.93. The molecule has 4 heteroatoms. The third kappa shape index (κ3) is 2.80. The van der Waals surface area contributed by atoms with Gasteiger partial charge in [-0.1, -0.05) is 56.1 Å². The molecule has 0 amide bonds. The minimum absolute atomic E-state index is 0.934. The lowest BCUT2D eigenvalue weighted by Crippen LogP contribution is -1.97. The monoisotopic (exact) mass is 440 g/mol. The topological polar surface area (TPSA) is 17.8 Å². The second-order valence-electron chi connectivity index (χ2n) is 5.76. The molecule has 0 aliphatic carbocycles. The zero-order valence-corrected chi connectivity index (χ0v) is 16.2. The zero-order chi connectivity index (χ0) is 16.7. The predicted molar refractivity (Wildman–Crippen MR) is 107 cm³/mol. The fraction of sp³-hybridized carbons (Fsp3) is 0.0500. The van der Waals surface area contributed by atoms with Crippen LogP contribution in [0.15, 0.2) is 75.7 Å². The highest BCUT2D eigenvalue weighted by Crippen LogP contribution is 2.32. The number of halogens is 2. The van der Waals surface area contributed by atoms with E-state index < -0.39 is 0 Å². The lowest BCUT2D eigenvalue weighted by molar-refractivity contribution is 1.10. The van der Waals surface area contributed by atoms with Crippen molar-refractivity contribution in [2.24, 2.45) is 0 Å². The quantitative estimate of drug-likeness (QED) is 0.346. The van der Waals surface area contributed by atoms with E-state index in [1.54, 1.807) is 0 Å². The lowest BCUT2D eigenvalue weighted by atomic mass is 10.2. The van der Waals surface area contributed by atoms with Crippen molar-refractivity contribution in [2.45, 2.75) is 6.92 Å². The van der Waals surface area contributed by atoms with Gasteiger partial charge in [-0.05, 0) is 55.0 Å². The molecule has 0 saturated carbocycles. The van der Waals surface area contributed by atoms with Crippen molar-refractivity contribution >= 4 is 42.9 Å². The molecule has 24 heavy (non-hydrogen) atoms. The van der Waals surface area contributed by atoms with E-state index in [1.165, 1.54) is 5.56 Å². The maximum absolute atomic E-state index is 4.90. The summed E-state index contributed by atoms with van der Waals surface area (Å²) in [6, 6.07) is 23.0. The summed E-state index contributed by atoms with van der Waals surface area (Å²) in [7, 11) is 0. The molecule has 0 atom stereocenters. The molecule has 118 valence electrons. The Balaban J connectivity index is 2.08. The molecule has 1 heterocycles. The van der Waals surface area contributed by atoms with Crippen LogP contribution in [0.4, 0.5) is 0 Å². The second-order valence-corrected chi connectivity index (χ2v) is 7.59. The van der Waals surface area contributed by atoms with Crippen molar-refractivity contribution in [3.8, 4) is 17.1 Å². The van der Waals surface area contributed by atoms with Crippen LogP contribution in [0.2, 0.25) is 0 Å². The number of imidazole rings is 1. The van der Waals surface area contributed by atoms with Crippen molar-refractivity contribution < 1.29 is 0 Å². The summed E-state index contributed by atoms with van der Waals surface area (Å²) < 4.78 is 4.26. The van der Waals surface area contributed by atoms with Crippen LogP contribution in [0.1, 0.15) is 5.56 Å². The molecule has 0 unspecified atom stereocenters. The van der Waals surface area contributed by atoms with Crippen LogP contribution in [-0.2, 0) is 0 Å². The predicted octanol–water partition coefficient (Wildman–Crippen LogP) is 6.53. The van der Waals surface area contributed by atoms with Crippen LogP contribution in [0.3, 0.4) is 0 Å². The second kappa shape index (κ2) is 6.19. The van der Waals surface area contributed by atoms with Gasteiger partial charge in [0.05, 0.1) is 11.0 Å². The number of fused-ring (bicyclic) bond motifs is 1. The van der Waals surface area contributed by atoms with Gasteiger partial charge in [0.25, 0.3) is 0 Å². The molecule has 0 saturated heterocycles. The van der Waals surface area contributed by atoms with Gasteiger partial charge in [-0.25, -0.2) is 4.98 Å². The van der Waals surface area contributed by atoms with Crippen molar-refractivity contribution in [1.29, 1.82) is 0 Å². The Kier molecular flexibility index (Phi) is 4.02. The van der Waals surface area contributed by atoms with Crippen LogP contribution < -0.4 is 0 Å². The first-order valence-corrected chi connectivity index (χ1v) is 9.21. The van der Waals surface area contributed by atoms with Crippen LogP contribution in [0.25, 0.3) is 28.1 Å². The summed E-state index contributed by atoms with van der Waals surface area (Å²) in [4.78, 5) is 4.90. The number of nitrogens with zero attached hydrogens (tertiary/aromatic N) is 2. The van der Waals surface area contributed by atoms with Crippen LogP contribution in [0, 0.1) is 6.92 Å². The van der Waals surface area contributed by atoms with Gasteiger partial charge in [-0.3, -0.25) is 4.57 Å². The van der Waals surface area contributed by atoms with Gasteiger partial charge >= 0.3 is 0 Å². The SMILES string of the molecule is Cc1ccc2nc(-c3cc(Br)cc(Br)c3)n(-c3ccccc3)c2c1. The highest BCUT2D eigenvalue weighted by molar-refractivity contribution is 9.11. The van der Waals surface area contributed by atoms with Crippen molar-refractivity contribution in [3.63, 3.8) is 0 Å². The van der Waals surface area contributed by atoms with Gasteiger partial charge in [0, 0.05) is 20.2 Å². The molecule has 4 rings (SSSR count). The van der Waals surface area contributed by atoms with E-state index in [-0.39, 0.29) is 0 Å². The molecule has 0 aliphatic heterocycles. The van der Waals surface area contributed by atoms with Crippen molar-refractivity contribution in [3.05, 3.63) is 81.2 Å². The van der Waals surface area contributed by atoms with E-state index in [1.807, 2.05) is 12.1 Å². The molecule has 0 radical (unpaired) electrons. The maximum Gasteiger partial charge on any atom is 0.145 e. The van der Waals surface area contributed by atoms with Gasteiger partial charge in [-0.15, -0.1) is 0 Å². The summed E-state index contributed by atoms with van der Waals surface area (Å²) in [5.74, 6) is 0.934. The fourth-order valence-electron chi connectivity index (χ4n) is 2.90. The molecule has 2 nitrogen and oxygen atoms in total. The standard InChI is InChI=1S/C20H14Br2N2/c1-13-7-8-18-19(9-13)24(17-5-3-2-4-6-17)20(23-18)14-10-15(21)12-16(22)11-14/h2-12H,1H3. The number of aryl methyl sites for hydroxylation is 1. The third-order valence-electron chi connectivity index (χ3n) is 3.95. The Bertz CT molecular complexity index is 1020. The van der Waals surface area contributed by atoms with E-state index >= 15 is 0 Å². The van der Waals surface area contributed by atoms with Gasteiger partial charge in [-0.2, -0.15) is 0 Å². The Morgan fingerprint density at radius 3 is 2.25 bits per heavy atom. The first-order valence-electron chi connectivity index (χ1n) is 7.63. The Labute approximate surface area is 157 Å². The van der Waals surface area contributed by atoms with E-state index in [2.05, 4.69) is 97.9 Å². The van der Waals surface area contributed by atoms with E-state index in [0.29, 0.717) is 0 Å². The largest absolute Gasteiger partial charge is 0.292 e. The molecule has 3 aromatic carbocycles. The highest BCUT2D eigenvalue weighted by atomic mass is 79.9. The number of aromatic nitrogens is 2. The molecule has 1 aromatic heterocycles. The van der Waals surface area contributed by atoms with Crippen LogP contribution in [0.5, 0.6) is 0 Å². The first kappa shape index (κ1) is 15.6. The molecule has 0 fully saturated rings. The normalized spacial score (nSPS) is 11.1. The summed E-state index contributed by atoms with van der Waals surface area (Å²) >= 11 is 7.16. The molecular formula is C20H14Br2N2. The van der Waals surface area contributed by atoms with Gasteiger partial charge in [0.1, 0.15) is 5.82 Å². The Morgan fingerprint density at radius 1 is 0.833 bits per heavy atom. The zero-order valence-electron chi connectivity index (χ0n) is 13.0. The van der Waals surface area contributed by atoms with Crippen LogP contribution >= 0.6 is 31.9 Å². The summed E-state index contributed by atoms with van der Waals surface area (Å²) in [5.41, 5.74) is 5.51. The molecular weight excluding hydrogens is 428 g/mol. The summed E-state index contributed by atoms with van der Waals surface area (Å²) in [5, 5.41) is 0. The minimum atomic E-state index is 0.934. The minimum Gasteiger partial charge on any atom is -0.292 e. The van der Waals surface area contributed by atoms with Gasteiger partial charge in [0.15, 0.2) is 0 Å². The molecule has 4 aromatic rings. The Morgan fingerprint density at radius 2 is 1.54 bits per heavy atom. The van der Waals surface area contributed by atoms with E-state index in [4.69, 9.17) is 4.98 Å². The van der Waals surface area contributed by atoms with Crippen molar-refractivity contribution in [2.75, 3.05) is 0 Å². The number of hydrogen-bond acceptors (Lipinski definition) is 1. The molecule has 0 aliphatic rings. The van der Waals surface area contributed by atoms with Gasteiger partial charge < -0.3 is 0 Å². The Hall–Kier alpha value is -1.91. The van der Waals surface area contributed by atoms with Crippen molar-refractivity contribution in [1.82, 2.24) is 9.55 Å². The molecule has 0 spiro atoms. The molecule has 0 bridgehead atoms. The lowest BCUT2D eigenvalue weighted by Gasteiger charge is -2.10. The van der Waals surface area contributed by atoms with Gasteiger partial charge in [0.2, 0.25) is 0 Å². The third-order valence-corrected chi connectivity index (χ3v) is 4.86. The summed E-state index contributed by atoms with van der Waals surface area (Å²) in [6.45, 7) is 2.11.